The second-order valence-corrected chi connectivity index (χ2v) is 11.6. The van der Waals surface area contributed by atoms with Gasteiger partial charge >= 0.3 is 5.97 Å². The highest BCUT2D eigenvalue weighted by molar-refractivity contribution is 9.10. The zero-order valence-electron chi connectivity index (χ0n) is 22.3. The monoisotopic (exact) mass is 676 g/mol. The molecule has 41 heavy (non-hydrogen) atoms. The van der Waals surface area contributed by atoms with Gasteiger partial charge in [-0.15, -0.1) is 0 Å². The van der Waals surface area contributed by atoms with Crippen LogP contribution >= 0.6 is 50.5 Å². The maximum absolute atomic E-state index is 14.0. The summed E-state index contributed by atoms with van der Waals surface area (Å²) in [5.41, 5.74) is 1.57. The molecule has 1 aliphatic heterocycles. The molecule has 2 aromatic carbocycles. The largest absolute Gasteiger partial charge is 0.493 e. The fourth-order valence-corrected chi connectivity index (χ4v) is 6.50. The van der Waals surface area contributed by atoms with Crippen LogP contribution in [0.2, 0.25) is 10.0 Å². The fraction of sp³-hybridized carbons (Fsp3) is 0.207. The van der Waals surface area contributed by atoms with Crippen molar-refractivity contribution >= 4 is 62.5 Å². The Morgan fingerprint density at radius 3 is 2.59 bits per heavy atom. The van der Waals surface area contributed by atoms with Crippen molar-refractivity contribution < 1.29 is 23.4 Å². The molecular formula is C29H23BrCl2N2O6S. The van der Waals surface area contributed by atoms with Gasteiger partial charge in [-0.1, -0.05) is 50.5 Å². The molecule has 1 unspecified atom stereocenters. The zero-order valence-corrected chi connectivity index (χ0v) is 26.2. The predicted molar refractivity (Wildman–Crippen MR) is 162 cm³/mol. The lowest BCUT2D eigenvalue weighted by molar-refractivity contribution is -0.139. The van der Waals surface area contributed by atoms with Crippen molar-refractivity contribution in [3.05, 3.63) is 99.3 Å². The molecule has 5 rings (SSSR count). The van der Waals surface area contributed by atoms with Gasteiger partial charge in [-0.05, 0) is 61.9 Å². The van der Waals surface area contributed by atoms with E-state index in [-0.39, 0.29) is 17.7 Å². The molecule has 4 aromatic rings. The number of hydrogen-bond donors (Lipinski definition) is 0. The average Bonchev–Trinajstić information content (AvgIpc) is 3.53. The van der Waals surface area contributed by atoms with Gasteiger partial charge in [0.05, 0.1) is 47.7 Å². The summed E-state index contributed by atoms with van der Waals surface area (Å²) >= 11 is 17.3. The molecule has 0 N–H and O–H groups in total. The molecule has 2 aromatic heterocycles. The number of furan rings is 1. The Bertz CT molecular complexity index is 1890. The zero-order chi connectivity index (χ0) is 29.4. The molecule has 1 aliphatic rings. The minimum Gasteiger partial charge on any atom is -0.493 e. The van der Waals surface area contributed by atoms with Crippen molar-refractivity contribution in [2.75, 3.05) is 20.8 Å². The van der Waals surface area contributed by atoms with Crippen LogP contribution in [0.25, 0.3) is 17.4 Å². The topological polar surface area (TPSA) is 92.3 Å². The van der Waals surface area contributed by atoms with E-state index in [1.165, 1.54) is 30.1 Å². The van der Waals surface area contributed by atoms with Crippen LogP contribution in [0.5, 0.6) is 11.5 Å². The fourth-order valence-electron chi connectivity index (χ4n) is 4.56. The summed E-state index contributed by atoms with van der Waals surface area (Å²) < 4.78 is 24.8. The van der Waals surface area contributed by atoms with Crippen LogP contribution in [0.1, 0.15) is 31.2 Å². The number of carbonyl (C=O) groups excluding carboxylic acids is 1. The van der Waals surface area contributed by atoms with Gasteiger partial charge in [0.25, 0.3) is 5.56 Å². The Balaban J connectivity index is 1.69. The number of carbonyl (C=O) groups is 1. The summed E-state index contributed by atoms with van der Waals surface area (Å²) in [6, 6.07) is 11.2. The van der Waals surface area contributed by atoms with E-state index in [0.717, 1.165) is 0 Å². The van der Waals surface area contributed by atoms with Crippen molar-refractivity contribution in [3.8, 4) is 22.8 Å². The SMILES string of the molecule is CCOC(=O)C1=C(C)N=c2s/c(=C\c3ccc(-c4cc(Cl)ccc4Cl)o3)c(=O)n2C1c1cc(OC)c(OC)cc1Br. The van der Waals surface area contributed by atoms with Gasteiger partial charge in [0.15, 0.2) is 16.3 Å². The molecule has 0 amide bonds. The van der Waals surface area contributed by atoms with Gasteiger partial charge in [-0.2, -0.15) is 0 Å². The number of rotatable bonds is 7. The van der Waals surface area contributed by atoms with Crippen molar-refractivity contribution in [2.24, 2.45) is 4.99 Å². The van der Waals surface area contributed by atoms with E-state index < -0.39 is 12.0 Å². The lowest BCUT2D eigenvalue weighted by Gasteiger charge is -2.26. The van der Waals surface area contributed by atoms with E-state index in [1.807, 2.05) is 0 Å². The summed E-state index contributed by atoms with van der Waals surface area (Å²) in [5.74, 6) is 1.30. The molecule has 12 heteroatoms. The van der Waals surface area contributed by atoms with E-state index in [4.69, 9.17) is 41.8 Å². The number of fused-ring (bicyclic) bond motifs is 1. The summed E-state index contributed by atoms with van der Waals surface area (Å²) in [6.07, 6.45) is 1.63. The molecular weight excluding hydrogens is 655 g/mol. The molecule has 3 heterocycles. The maximum atomic E-state index is 14.0. The van der Waals surface area contributed by atoms with Gasteiger partial charge in [0, 0.05) is 21.1 Å². The minimum atomic E-state index is -0.848. The van der Waals surface area contributed by atoms with Crippen molar-refractivity contribution in [3.63, 3.8) is 0 Å². The van der Waals surface area contributed by atoms with E-state index in [9.17, 15) is 9.59 Å². The number of allylic oxidation sites excluding steroid dienone is 1. The number of thiazole rings is 1. The molecule has 0 aliphatic carbocycles. The minimum absolute atomic E-state index is 0.164. The van der Waals surface area contributed by atoms with Crippen molar-refractivity contribution in [1.29, 1.82) is 0 Å². The Labute approximate surface area is 257 Å². The average molecular weight is 678 g/mol. The molecule has 0 fully saturated rings. The van der Waals surface area contributed by atoms with E-state index in [0.29, 0.717) is 63.7 Å². The second-order valence-electron chi connectivity index (χ2n) is 8.86. The molecule has 0 saturated carbocycles. The molecule has 212 valence electrons. The predicted octanol–water partition coefficient (Wildman–Crippen LogP) is 6.14. The molecule has 1 atom stereocenters. The summed E-state index contributed by atoms with van der Waals surface area (Å²) in [7, 11) is 3.05. The van der Waals surface area contributed by atoms with Gasteiger partial charge in [0.2, 0.25) is 0 Å². The Hall–Kier alpha value is -3.31. The highest BCUT2D eigenvalue weighted by Crippen LogP contribution is 2.41. The first kappa shape index (κ1) is 29.2. The normalized spacial score (nSPS) is 15.0. The summed E-state index contributed by atoms with van der Waals surface area (Å²) in [6.45, 7) is 3.61. The van der Waals surface area contributed by atoms with Gasteiger partial charge in [0.1, 0.15) is 11.5 Å². The number of ether oxygens (including phenoxy) is 3. The number of methoxy groups -OCH3 is 2. The van der Waals surface area contributed by atoms with Crippen LogP contribution in [-0.4, -0.2) is 31.4 Å². The van der Waals surface area contributed by atoms with E-state index in [1.54, 1.807) is 62.4 Å². The van der Waals surface area contributed by atoms with Crippen LogP contribution in [0.3, 0.4) is 0 Å². The number of aromatic nitrogens is 1. The lowest BCUT2D eigenvalue weighted by atomic mass is 9.95. The van der Waals surface area contributed by atoms with E-state index in [2.05, 4.69) is 20.9 Å². The van der Waals surface area contributed by atoms with E-state index >= 15 is 0 Å². The maximum Gasteiger partial charge on any atom is 0.338 e. The number of benzene rings is 2. The molecule has 0 saturated heterocycles. The number of halogens is 3. The number of nitrogens with zero attached hydrogens (tertiary/aromatic N) is 2. The van der Waals surface area contributed by atoms with Crippen LogP contribution in [-0.2, 0) is 9.53 Å². The summed E-state index contributed by atoms with van der Waals surface area (Å²) in [4.78, 5) is 32.2. The second kappa shape index (κ2) is 11.9. The third kappa shape index (κ3) is 5.49. The molecule has 0 radical (unpaired) electrons. The molecule has 0 spiro atoms. The van der Waals surface area contributed by atoms with Crippen molar-refractivity contribution in [1.82, 2.24) is 4.57 Å². The van der Waals surface area contributed by atoms with Crippen LogP contribution in [0, 0.1) is 0 Å². The quantitative estimate of drug-likeness (QED) is 0.218. The first-order chi connectivity index (χ1) is 19.7. The van der Waals surface area contributed by atoms with Crippen LogP contribution in [0.15, 0.2) is 72.4 Å². The highest BCUT2D eigenvalue weighted by atomic mass is 79.9. The van der Waals surface area contributed by atoms with Crippen molar-refractivity contribution in [2.45, 2.75) is 19.9 Å². The molecule has 8 nitrogen and oxygen atoms in total. The number of hydrogen-bond acceptors (Lipinski definition) is 8. The molecule has 0 bridgehead atoms. The Morgan fingerprint density at radius 2 is 1.88 bits per heavy atom. The van der Waals surface area contributed by atoms with Gasteiger partial charge in [-0.3, -0.25) is 9.36 Å². The van der Waals surface area contributed by atoms with Gasteiger partial charge in [-0.25, -0.2) is 9.79 Å². The van der Waals surface area contributed by atoms with Crippen LogP contribution < -0.4 is 24.4 Å². The standard InChI is InChI=1S/C29H23BrCl2N2O6S/c1-5-39-28(36)25-14(2)33-29-34(26(25)17-12-22(37-3)23(38-4)13-19(17)30)27(35)24(41-29)11-16-7-9-21(40-16)18-10-15(31)6-8-20(18)32/h6-13,26H,5H2,1-4H3/b24-11-. The van der Waals surface area contributed by atoms with Crippen LogP contribution in [0.4, 0.5) is 0 Å². The summed E-state index contributed by atoms with van der Waals surface area (Å²) in [5, 5.41) is 1.00. The van der Waals surface area contributed by atoms with Gasteiger partial charge < -0.3 is 18.6 Å². The lowest BCUT2D eigenvalue weighted by Crippen LogP contribution is -2.40. The highest BCUT2D eigenvalue weighted by Gasteiger charge is 2.35. The smallest absolute Gasteiger partial charge is 0.338 e. The Morgan fingerprint density at radius 1 is 1.15 bits per heavy atom. The number of esters is 1. The Kier molecular flexibility index (Phi) is 8.47. The third-order valence-electron chi connectivity index (χ3n) is 6.41. The first-order valence-corrected chi connectivity index (χ1v) is 14.7. The first-order valence-electron chi connectivity index (χ1n) is 12.3. The third-order valence-corrected chi connectivity index (χ3v) is 8.64.